The van der Waals surface area contributed by atoms with Crippen LogP contribution in [-0.4, -0.2) is 59.9 Å². The zero-order chi connectivity index (χ0) is 22.4. The number of nitrogens with one attached hydrogen (secondary N) is 3. The maximum Gasteiger partial charge on any atom is 0.319 e. The van der Waals surface area contributed by atoms with E-state index in [1.165, 1.54) is 0 Å². The maximum absolute atomic E-state index is 12.6. The Labute approximate surface area is 184 Å². The highest BCUT2D eigenvalue weighted by molar-refractivity contribution is 6.30. The molecule has 1 aliphatic heterocycles. The highest BCUT2D eigenvalue weighted by Gasteiger charge is 2.24. The van der Waals surface area contributed by atoms with Crippen LogP contribution in [0.2, 0.25) is 5.02 Å². The highest BCUT2D eigenvalue weighted by Crippen LogP contribution is 2.15. The van der Waals surface area contributed by atoms with Gasteiger partial charge < -0.3 is 26.0 Å². The van der Waals surface area contributed by atoms with Crippen LogP contribution in [-0.2, 0) is 9.59 Å². The second-order valence-electron chi connectivity index (χ2n) is 6.95. The molecular formula is C21H22ClN5O4. The first-order valence-electron chi connectivity index (χ1n) is 9.53. The van der Waals surface area contributed by atoms with Crippen molar-refractivity contribution in [3.05, 3.63) is 59.1 Å². The van der Waals surface area contributed by atoms with Crippen molar-refractivity contribution in [2.75, 3.05) is 30.8 Å². The standard InChI is InChI=1S/C21H22ClN5O4/c1-27-11-10-23-19(27)13-2-6-15(7-3-13)24-20(30)17(12-18(28)29)26-21(31)25-16-8-4-14(22)5-9-16/h2-9,17H,10-12H2,1H3,(H,24,30)(H,28,29)(H2,25,26,31)/t17-/m0/s1. The minimum atomic E-state index is -1.27. The van der Waals surface area contributed by atoms with Gasteiger partial charge in [0.05, 0.1) is 13.0 Å². The SMILES string of the molecule is CN1CCN=C1c1ccc(NC(=O)[C@H](CC(=O)O)NC(=O)Nc2ccc(Cl)cc2)cc1. The van der Waals surface area contributed by atoms with E-state index in [1.54, 1.807) is 36.4 Å². The van der Waals surface area contributed by atoms with Crippen LogP contribution in [0.25, 0.3) is 0 Å². The van der Waals surface area contributed by atoms with Crippen LogP contribution in [0.4, 0.5) is 16.2 Å². The third kappa shape index (κ3) is 6.19. The summed E-state index contributed by atoms with van der Waals surface area (Å²) >= 11 is 5.81. The number of carbonyl (C=O) groups is 3. The average molecular weight is 444 g/mol. The quantitative estimate of drug-likeness (QED) is 0.523. The van der Waals surface area contributed by atoms with Crippen LogP contribution in [0.3, 0.4) is 0 Å². The Balaban J connectivity index is 1.63. The van der Waals surface area contributed by atoms with Gasteiger partial charge in [-0.3, -0.25) is 14.6 Å². The van der Waals surface area contributed by atoms with Crippen molar-refractivity contribution in [3.8, 4) is 0 Å². The second-order valence-corrected chi connectivity index (χ2v) is 7.39. The van der Waals surface area contributed by atoms with Crippen molar-refractivity contribution in [2.24, 2.45) is 4.99 Å². The molecule has 162 valence electrons. The highest BCUT2D eigenvalue weighted by atomic mass is 35.5. The molecular weight excluding hydrogens is 422 g/mol. The number of aliphatic carboxylic acids is 1. The number of benzene rings is 2. The van der Waals surface area contributed by atoms with Crippen molar-refractivity contribution >= 4 is 46.7 Å². The first-order chi connectivity index (χ1) is 14.8. The largest absolute Gasteiger partial charge is 0.481 e. The summed E-state index contributed by atoms with van der Waals surface area (Å²) in [5.41, 5.74) is 1.85. The number of carboxylic acid groups (broad SMARTS) is 1. The number of urea groups is 1. The zero-order valence-electron chi connectivity index (χ0n) is 16.8. The van der Waals surface area contributed by atoms with Crippen molar-refractivity contribution in [2.45, 2.75) is 12.5 Å². The molecule has 31 heavy (non-hydrogen) atoms. The van der Waals surface area contributed by atoms with Crippen LogP contribution in [0, 0.1) is 0 Å². The summed E-state index contributed by atoms with van der Waals surface area (Å²) in [6.45, 7) is 1.60. The molecule has 2 aromatic carbocycles. The Bertz CT molecular complexity index is 992. The molecule has 10 heteroatoms. The summed E-state index contributed by atoms with van der Waals surface area (Å²) in [6.07, 6.45) is -0.570. The summed E-state index contributed by atoms with van der Waals surface area (Å²) < 4.78 is 0. The van der Waals surface area contributed by atoms with Gasteiger partial charge in [0, 0.05) is 35.6 Å². The Kier molecular flexibility index (Phi) is 7.09. The number of amides is 3. The zero-order valence-corrected chi connectivity index (χ0v) is 17.5. The van der Waals surface area contributed by atoms with Gasteiger partial charge in [-0.1, -0.05) is 11.6 Å². The lowest BCUT2D eigenvalue weighted by atomic mass is 10.1. The number of halogens is 1. The second kappa shape index (κ2) is 9.94. The van der Waals surface area contributed by atoms with Gasteiger partial charge in [-0.2, -0.15) is 0 Å². The first kappa shape index (κ1) is 22.1. The predicted molar refractivity (Wildman–Crippen MR) is 119 cm³/mol. The third-order valence-electron chi connectivity index (χ3n) is 4.57. The lowest BCUT2D eigenvalue weighted by Gasteiger charge is -2.18. The molecule has 1 heterocycles. The van der Waals surface area contributed by atoms with Gasteiger partial charge in [0.25, 0.3) is 0 Å². The van der Waals surface area contributed by atoms with Gasteiger partial charge in [-0.05, 0) is 48.5 Å². The first-order valence-corrected chi connectivity index (χ1v) is 9.91. The summed E-state index contributed by atoms with van der Waals surface area (Å²) in [7, 11) is 1.96. The van der Waals surface area contributed by atoms with Gasteiger partial charge in [0.1, 0.15) is 11.9 Å². The fraction of sp³-hybridized carbons (Fsp3) is 0.238. The van der Waals surface area contributed by atoms with Gasteiger partial charge in [0.15, 0.2) is 0 Å². The van der Waals surface area contributed by atoms with E-state index in [0.29, 0.717) is 16.4 Å². The molecule has 0 aliphatic carbocycles. The number of hydrogen-bond acceptors (Lipinski definition) is 5. The molecule has 0 fully saturated rings. The monoisotopic (exact) mass is 443 g/mol. The molecule has 2 aromatic rings. The number of rotatable bonds is 7. The fourth-order valence-electron chi connectivity index (χ4n) is 3.02. The van der Waals surface area contributed by atoms with E-state index in [2.05, 4.69) is 20.9 Å². The van der Waals surface area contributed by atoms with Crippen molar-refractivity contribution < 1.29 is 19.5 Å². The lowest BCUT2D eigenvalue weighted by molar-refractivity contribution is -0.139. The van der Waals surface area contributed by atoms with Crippen LogP contribution in [0.5, 0.6) is 0 Å². The number of amidine groups is 1. The predicted octanol–water partition coefficient (Wildman–Crippen LogP) is 2.64. The molecule has 0 saturated carbocycles. The number of anilines is 2. The number of aliphatic imine (C=N–C) groups is 1. The molecule has 0 bridgehead atoms. The molecule has 1 atom stereocenters. The molecule has 0 aromatic heterocycles. The van der Waals surface area contributed by atoms with E-state index >= 15 is 0 Å². The molecule has 3 amide bonds. The van der Waals surface area contributed by atoms with Crippen LogP contribution >= 0.6 is 11.6 Å². The fourth-order valence-corrected chi connectivity index (χ4v) is 3.14. The van der Waals surface area contributed by atoms with E-state index in [0.717, 1.165) is 24.5 Å². The van der Waals surface area contributed by atoms with E-state index < -0.39 is 30.4 Å². The summed E-state index contributed by atoms with van der Waals surface area (Å²) in [6, 6.07) is 11.4. The molecule has 4 N–H and O–H groups in total. The normalized spacial score (nSPS) is 13.9. The van der Waals surface area contributed by atoms with Crippen molar-refractivity contribution in [1.29, 1.82) is 0 Å². The lowest BCUT2D eigenvalue weighted by Crippen LogP contribution is -2.46. The van der Waals surface area contributed by atoms with Crippen LogP contribution in [0.1, 0.15) is 12.0 Å². The molecule has 3 rings (SSSR count). The van der Waals surface area contributed by atoms with Crippen LogP contribution < -0.4 is 16.0 Å². The van der Waals surface area contributed by atoms with E-state index in [1.807, 2.05) is 24.1 Å². The van der Waals surface area contributed by atoms with Gasteiger partial charge in [0.2, 0.25) is 5.91 Å². The van der Waals surface area contributed by atoms with Gasteiger partial charge in [-0.15, -0.1) is 0 Å². The van der Waals surface area contributed by atoms with Gasteiger partial charge in [-0.25, -0.2) is 4.79 Å². The molecule has 1 aliphatic rings. The third-order valence-corrected chi connectivity index (χ3v) is 4.82. The number of hydrogen-bond donors (Lipinski definition) is 4. The Morgan fingerprint density at radius 1 is 1.06 bits per heavy atom. The molecule has 9 nitrogen and oxygen atoms in total. The van der Waals surface area contributed by atoms with E-state index in [4.69, 9.17) is 16.7 Å². The van der Waals surface area contributed by atoms with E-state index in [-0.39, 0.29) is 0 Å². The minimum Gasteiger partial charge on any atom is -0.481 e. The minimum absolute atomic E-state index is 0.451. The molecule has 0 saturated heterocycles. The Hall–Kier alpha value is -3.59. The molecule has 0 unspecified atom stereocenters. The van der Waals surface area contributed by atoms with Crippen molar-refractivity contribution in [3.63, 3.8) is 0 Å². The smallest absolute Gasteiger partial charge is 0.319 e. The average Bonchev–Trinajstić information content (AvgIpc) is 3.15. The van der Waals surface area contributed by atoms with E-state index in [9.17, 15) is 14.4 Å². The number of likely N-dealkylation sites (N-methyl/N-ethyl adjacent to an activating group) is 1. The Morgan fingerprint density at radius 3 is 2.26 bits per heavy atom. The van der Waals surface area contributed by atoms with Crippen LogP contribution in [0.15, 0.2) is 53.5 Å². The number of carbonyl (C=O) groups excluding carboxylic acids is 2. The summed E-state index contributed by atoms with van der Waals surface area (Å²) in [5.74, 6) is -0.983. The summed E-state index contributed by atoms with van der Waals surface area (Å²) in [4.78, 5) is 42.5. The maximum atomic E-state index is 12.6. The molecule has 0 spiro atoms. The Morgan fingerprint density at radius 2 is 1.68 bits per heavy atom. The van der Waals surface area contributed by atoms with Crippen molar-refractivity contribution in [1.82, 2.24) is 10.2 Å². The number of nitrogens with zero attached hydrogens (tertiary/aromatic N) is 2. The topological polar surface area (TPSA) is 123 Å². The number of carboxylic acids is 1. The molecule has 0 radical (unpaired) electrons. The summed E-state index contributed by atoms with van der Waals surface area (Å²) in [5, 5.41) is 17.2. The van der Waals surface area contributed by atoms with Gasteiger partial charge >= 0.3 is 12.0 Å².